The molecule has 3 aromatic rings. The standard InChI is InChI=1S/C25H23FN4O3/c26-16-5-8-20-19(13-16)15(14-28-20)10-12-27-24(33)25-11-9-22(31)30(25)21-4-2-1-3-18(21)23(32)29(25)17-6-7-17/h1-5,8,13-14,17,28H,6-7,9-12H2,(H,27,33)/t25-/m0/s1. The van der Waals surface area contributed by atoms with Crippen LogP contribution in [-0.2, 0) is 16.0 Å². The second kappa shape index (κ2) is 7.16. The molecular weight excluding hydrogens is 423 g/mol. The van der Waals surface area contributed by atoms with Crippen LogP contribution < -0.4 is 10.2 Å². The molecule has 3 heterocycles. The van der Waals surface area contributed by atoms with Crippen molar-refractivity contribution in [2.75, 3.05) is 11.4 Å². The fourth-order valence-corrected chi connectivity index (χ4v) is 5.35. The van der Waals surface area contributed by atoms with Crippen LogP contribution in [0.25, 0.3) is 10.9 Å². The van der Waals surface area contributed by atoms with Crippen LogP contribution in [0.15, 0.2) is 48.7 Å². The van der Waals surface area contributed by atoms with Gasteiger partial charge in [-0.15, -0.1) is 0 Å². The van der Waals surface area contributed by atoms with E-state index in [9.17, 15) is 18.8 Å². The number of aromatic nitrogens is 1. The Labute approximate surface area is 189 Å². The van der Waals surface area contributed by atoms with E-state index < -0.39 is 5.66 Å². The maximum atomic E-state index is 13.7. The van der Waals surface area contributed by atoms with Crippen molar-refractivity contribution in [1.29, 1.82) is 0 Å². The molecule has 6 rings (SSSR count). The zero-order chi connectivity index (χ0) is 22.7. The quantitative estimate of drug-likeness (QED) is 0.632. The van der Waals surface area contributed by atoms with E-state index in [1.807, 2.05) is 6.20 Å². The maximum absolute atomic E-state index is 13.7. The minimum Gasteiger partial charge on any atom is -0.361 e. The van der Waals surface area contributed by atoms with E-state index in [0.717, 1.165) is 29.3 Å². The summed E-state index contributed by atoms with van der Waals surface area (Å²) in [5.74, 6) is -0.996. The van der Waals surface area contributed by atoms with Crippen LogP contribution >= 0.6 is 0 Å². The van der Waals surface area contributed by atoms with Gasteiger partial charge in [-0.25, -0.2) is 4.39 Å². The zero-order valence-corrected chi connectivity index (χ0v) is 17.9. The predicted molar refractivity (Wildman–Crippen MR) is 120 cm³/mol. The Bertz CT molecular complexity index is 1310. The summed E-state index contributed by atoms with van der Waals surface area (Å²) in [7, 11) is 0. The first-order valence-electron chi connectivity index (χ1n) is 11.3. The summed E-state index contributed by atoms with van der Waals surface area (Å²) in [5.41, 5.74) is 1.35. The van der Waals surface area contributed by atoms with Gasteiger partial charge in [0.25, 0.3) is 11.8 Å². The minimum absolute atomic E-state index is 0.0402. The Morgan fingerprint density at radius 3 is 2.82 bits per heavy atom. The number of aromatic amines is 1. The first-order chi connectivity index (χ1) is 16.0. The maximum Gasteiger partial charge on any atom is 0.267 e. The van der Waals surface area contributed by atoms with Crippen molar-refractivity contribution < 1.29 is 18.8 Å². The van der Waals surface area contributed by atoms with Crippen LogP contribution in [0.2, 0.25) is 0 Å². The number of amides is 3. The van der Waals surface area contributed by atoms with Crippen LogP contribution in [0.1, 0.15) is 41.6 Å². The van der Waals surface area contributed by atoms with Crippen molar-refractivity contribution in [3.63, 3.8) is 0 Å². The normalized spacial score (nSPS) is 22.0. The number of nitrogens with zero attached hydrogens (tertiary/aromatic N) is 2. The highest BCUT2D eigenvalue weighted by molar-refractivity contribution is 6.16. The Balaban J connectivity index is 1.31. The third-order valence-corrected chi connectivity index (χ3v) is 6.98. The van der Waals surface area contributed by atoms with Gasteiger partial charge in [0.2, 0.25) is 11.6 Å². The van der Waals surface area contributed by atoms with Gasteiger partial charge in [-0.05, 0) is 55.2 Å². The average Bonchev–Trinajstić information content (AvgIpc) is 3.48. The average molecular weight is 446 g/mol. The molecule has 1 atom stereocenters. The topological polar surface area (TPSA) is 85.5 Å². The number of carbonyl (C=O) groups excluding carboxylic acids is 3. The van der Waals surface area contributed by atoms with E-state index in [1.165, 1.54) is 12.1 Å². The van der Waals surface area contributed by atoms with E-state index in [1.54, 1.807) is 40.1 Å². The van der Waals surface area contributed by atoms with Gasteiger partial charge < -0.3 is 15.2 Å². The molecule has 2 aliphatic heterocycles. The number of hydrogen-bond acceptors (Lipinski definition) is 3. The molecule has 2 aromatic carbocycles. The number of nitrogens with one attached hydrogen (secondary N) is 2. The molecule has 2 fully saturated rings. The lowest BCUT2D eigenvalue weighted by molar-refractivity contribution is -0.134. The van der Waals surface area contributed by atoms with Gasteiger partial charge in [-0.3, -0.25) is 19.3 Å². The highest BCUT2D eigenvalue weighted by Gasteiger charge is 2.63. The van der Waals surface area contributed by atoms with Crippen LogP contribution in [-0.4, -0.2) is 45.9 Å². The Morgan fingerprint density at radius 1 is 1.18 bits per heavy atom. The van der Waals surface area contributed by atoms with Gasteiger partial charge in [-0.2, -0.15) is 0 Å². The number of fused-ring (bicyclic) bond motifs is 4. The summed E-state index contributed by atoms with van der Waals surface area (Å²) in [5, 5.41) is 3.76. The molecule has 3 aliphatic rings. The van der Waals surface area contributed by atoms with Gasteiger partial charge in [0.1, 0.15) is 5.82 Å². The zero-order valence-electron chi connectivity index (χ0n) is 17.9. The highest BCUT2D eigenvalue weighted by Crippen LogP contribution is 2.48. The summed E-state index contributed by atoms with van der Waals surface area (Å²) in [6.07, 6.45) is 4.44. The van der Waals surface area contributed by atoms with E-state index in [2.05, 4.69) is 10.3 Å². The number of halogens is 1. The molecule has 0 bridgehead atoms. The first-order valence-corrected chi connectivity index (χ1v) is 11.3. The summed E-state index contributed by atoms with van der Waals surface area (Å²) >= 11 is 0. The van der Waals surface area contributed by atoms with Crippen LogP contribution in [0.5, 0.6) is 0 Å². The summed E-state index contributed by atoms with van der Waals surface area (Å²) < 4.78 is 13.7. The lowest BCUT2D eigenvalue weighted by atomic mass is 9.95. The van der Waals surface area contributed by atoms with Crippen LogP contribution in [0.4, 0.5) is 10.1 Å². The monoisotopic (exact) mass is 446 g/mol. The highest BCUT2D eigenvalue weighted by atomic mass is 19.1. The Morgan fingerprint density at radius 2 is 2.00 bits per heavy atom. The number of anilines is 1. The summed E-state index contributed by atoms with van der Waals surface area (Å²) in [6.45, 7) is 0.306. The molecular formula is C25H23FN4O3. The molecule has 168 valence electrons. The van der Waals surface area contributed by atoms with Crippen LogP contribution in [0.3, 0.4) is 0 Å². The van der Waals surface area contributed by atoms with Gasteiger partial charge in [0.15, 0.2) is 0 Å². The van der Waals surface area contributed by atoms with Crippen molar-refractivity contribution in [1.82, 2.24) is 15.2 Å². The van der Waals surface area contributed by atoms with Crippen molar-refractivity contribution in [3.05, 3.63) is 65.6 Å². The molecule has 7 nitrogen and oxygen atoms in total. The van der Waals surface area contributed by atoms with Crippen molar-refractivity contribution >= 4 is 34.3 Å². The number of H-pyrrole nitrogens is 1. The molecule has 1 saturated heterocycles. The molecule has 1 saturated carbocycles. The number of rotatable bonds is 5. The number of carbonyl (C=O) groups is 3. The lowest BCUT2D eigenvalue weighted by Gasteiger charge is -2.49. The predicted octanol–water partition coefficient (Wildman–Crippen LogP) is 3.11. The Hall–Kier alpha value is -3.68. The molecule has 0 spiro atoms. The van der Waals surface area contributed by atoms with Gasteiger partial charge in [0.05, 0.1) is 11.3 Å². The third-order valence-electron chi connectivity index (χ3n) is 6.98. The molecule has 1 aliphatic carbocycles. The van der Waals surface area contributed by atoms with Crippen LogP contribution in [0, 0.1) is 5.82 Å². The molecule has 0 unspecified atom stereocenters. The second-order valence-corrected chi connectivity index (χ2v) is 8.98. The molecule has 1 aromatic heterocycles. The first kappa shape index (κ1) is 20.0. The largest absolute Gasteiger partial charge is 0.361 e. The molecule has 3 amide bonds. The number of para-hydroxylation sites is 1. The van der Waals surface area contributed by atoms with E-state index in [0.29, 0.717) is 24.2 Å². The second-order valence-electron chi connectivity index (χ2n) is 8.98. The lowest BCUT2D eigenvalue weighted by Crippen LogP contribution is -2.71. The smallest absolute Gasteiger partial charge is 0.267 e. The molecule has 33 heavy (non-hydrogen) atoms. The molecule has 2 N–H and O–H groups in total. The number of benzene rings is 2. The Kier molecular flexibility index (Phi) is 4.33. The number of hydrogen-bond donors (Lipinski definition) is 2. The fraction of sp³-hybridized carbons (Fsp3) is 0.320. The van der Waals surface area contributed by atoms with Gasteiger partial charge in [0, 0.05) is 42.5 Å². The van der Waals surface area contributed by atoms with Crippen molar-refractivity contribution in [3.8, 4) is 0 Å². The fourth-order valence-electron chi connectivity index (χ4n) is 5.35. The van der Waals surface area contributed by atoms with E-state index in [4.69, 9.17) is 0 Å². The van der Waals surface area contributed by atoms with Gasteiger partial charge >= 0.3 is 0 Å². The van der Waals surface area contributed by atoms with E-state index in [-0.39, 0.29) is 42.4 Å². The van der Waals surface area contributed by atoms with Crippen molar-refractivity contribution in [2.45, 2.75) is 43.8 Å². The third kappa shape index (κ3) is 2.90. The summed E-state index contributed by atoms with van der Waals surface area (Å²) in [6, 6.07) is 11.5. The van der Waals surface area contributed by atoms with Crippen molar-refractivity contribution in [2.24, 2.45) is 0 Å². The van der Waals surface area contributed by atoms with Gasteiger partial charge in [-0.1, -0.05) is 12.1 Å². The SMILES string of the molecule is O=C1CC[C@@]2(C(=O)NCCc3c[nH]c4ccc(F)cc34)N1c1ccccc1C(=O)N2C1CC1. The van der Waals surface area contributed by atoms with E-state index >= 15 is 0 Å². The summed E-state index contributed by atoms with van der Waals surface area (Å²) in [4.78, 5) is 46.5. The molecule has 8 heteroatoms. The minimum atomic E-state index is -1.34. The molecule has 0 radical (unpaired) electrons.